The lowest BCUT2D eigenvalue weighted by molar-refractivity contribution is 0.0695. The highest BCUT2D eigenvalue weighted by atomic mass is 32.2. The van der Waals surface area contributed by atoms with Crippen LogP contribution in [0.5, 0.6) is 0 Å². The van der Waals surface area contributed by atoms with Gasteiger partial charge < -0.3 is 20.6 Å². The van der Waals surface area contributed by atoms with Crippen molar-refractivity contribution in [1.82, 2.24) is 4.68 Å². The molecule has 8 heteroatoms. The van der Waals surface area contributed by atoms with Crippen LogP contribution in [0.25, 0.3) is 10.9 Å². The molecular formula is C16H21N3O4S. The quantitative estimate of drug-likeness (QED) is 0.540. The smallest absolute Gasteiger partial charge is 0.341 e. The Bertz CT molecular complexity index is 789. The Morgan fingerprint density at radius 2 is 2.12 bits per heavy atom. The summed E-state index contributed by atoms with van der Waals surface area (Å²) in [7, 11) is 3.57. The fourth-order valence-electron chi connectivity index (χ4n) is 2.27. The normalized spacial score (nSPS) is 11.0. The molecule has 0 bridgehead atoms. The highest BCUT2D eigenvalue weighted by Gasteiger charge is 2.15. The van der Waals surface area contributed by atoms with Gasteiger partial charge in [0.15, 0.2) is 0 Å². The highest BCUT2D eigenvalue weighted by molar-refractivity contribution is 7.99. The molecule has 0 atom stereocenters. The lowest BCUT2D eigenvalue weighted by Gasteiger charge is -2.20. The van der Waals surface area contributed by atoms with Crippen molar-refractivity contribution in [2.75, 3.05) is 44.6 Å². The maximum atomic E-state index is 12.5. The molecule has 3 N–H and O–H groups in total. The topological polar surface area (TPSA) is 97.8 Å². The van der Waals surface area contributed by atoms with Crippen LogP contribution in [0.1, 0.15) is 10.4 Å². The molecule has 0 aliphatic heterocycles. The molecule has 0 saturated carbocycles. The third kappa shape index (κ3) is 4.08. The molecule has 0 unspecified atom stereocenters. The van der Waals surface area contributed by atoms with Gasteiger partial charge >= 0.3 is 5.97 Å². The molecule has 0 amide bonds. The molecule has 0 spiro atoms. The third-order valence-corrected chi connectivity index (χ3v) is 4.33. The van der Waals surface area contributed by atoms with E-state index in [-0.39, 0.29) is 5.56 Å². The number of ether oxygens (including phenoxy) is 1. The Hall–Kier alpha value is -2.03. The van der Waals surface area contributed by atoms with E-state index in [1.807, 2.05) is 12.1 Å². The molecule has 0 saturated heterocycles. The lowest BCUT2D eigenvalue weighted by atomic mass is 10.1. The molecule has 24 heavy (non-hydrogen) atoms. The van der Waals surface area contributed by atoms with Crippen molar-refractivity contribution in [3.05, 3.63) is 40.2 Å². The van der Waals surface area contributed by atoms with Crippen molar-refractivity contribution in [3.8, 4) is 0 Å². The number of carbonyl (C=O) groups is 1. The highest BCUT2D eigenvalue weighted by Crippen LogP contribution is 2.22. The molecular weight excluding hydrogens is 330 g/mol. The summed E-state index contributed by atoms with van der Waals surface area (Å²) in [5.41, 5.74) is 5.30. The molecule has 0 aliphatic carbocycles. The van der Waals surface area contributed by atoms with Crippen LogP contribution >= 0.6 is 11.8 Å². The summed E-state index contributed by atoms with van der Waals surface area (Å²) in [6.45, 7) is 1.58. The van der Waals surface area contributed by atoms with E-state index in [0.29, 0.717) is 30.7 Å². The Morgan fingerprint density at radius 1 is 1.38 bits per heavy atom. The molecule has 0 radical (unpaired) electrons. The minimum Gasteiger partial charge on any atom is -0.477 e. The number of hydrogen-bond acceptors (Lipinski definition) is 6. The first-order valence-electron chi connectivity index (χ1n) is 7.46. The van der Waals surface area contributed by atoms with Gasteiger partial charge in [-0.05, 0) is 18.2 Å². The van der Waals surface area contributed by atoms with Gasteiger partial charge in [-0.1, -0.05) is 0 Å². The number of rotatable bonds is 8. The van der Waals surface area contributed by atoms with E-state index in [1.165, 1.54) is 6.20 Å². The zero-order valence-electron chi connectivity index (χ0n) is 13.7. The van der Waals surface area contributed by atoms with Gasteiger partial charge in [-0.2, -0.15) is 0 Å². The zero-order valence-corrected chi connectivity index (χ0v) is 14.5. The number of nitrogens with two attached hydrogens (primary N) is 1. The van der Waals surface area contributed by atoms with Crippen LogP contribution in [0.15, 0.2) is 34.1 Å². The van der Waals surface area contributed by atoms with Crippen molar-refractivity contribution in [3.63, 3.8) is 0 Å². The Balaban J connectivity index is 2.38. The summed E-state index contributed by atoms with van der Waals surface area (Å²) in [6, 6.07) is 5.47. The van der Waals surface area contributed by atoms with Gasteiger partial charge in [-0.25, -0.2) is 4.79 Å². The number of benzene rings is 1. The SMILES string of the molecule is CN(C)n1cc(C(=O)O)c(=O)c2cc(SCCOCCN)ccc21. The number of thioether (sulfide) groups is 1. The molecule has 1 aromatic carbocycles. The maximum absolute atomic E-state index is 12.5. The number of hydrogen-bond donors (Lipinski definition) is 2. The zero-order chi connectivity index (χ0) is 17.7. The van der Waals surface area contributed by atoms with Crippen LogP contribution in [-0.2, 0) is 4.74 Å². The van der Waals surface area contributed by atoms with Gasteiger partial charge in [0.05, 0.1) is 18.7 Å². The average molecular weight is 351 g/mol. The molecule has 2 rings (SSSR count). The van der Waals surface area contributed by atoms with Gasteiger partial charge in [0.25, 0.3) is 0 Å². The largest absolute Gasteiger partial charge is 0.477 e. The monoisotopic (exact) mass is 351 g/mol. The number of aromatic nitrogens is 1. The number of pyridine rings is 1. The number of carboxylic acid groups (broad SMARTS) is 1. The standard InChI is InChI=1S/C16H21N3O4S/c1-18(2)19-10-13(16(21)22)15(20)12-9-11(3-4-14(12)19)24-8-7-23-6-5-17/h3-4,9-10H,5-8,17H2,1-2H3,(H,21,22). The van der Waals surface area contributed by atoms with Crippen LogP contribution in [0.4, 0.5) is 0 Å². The second-order valence-corrected chi connectivity index (χ2v) is 6.47. The van der Waals surface area contributed by atoms with E-state index in [4.69, 9.17) is 10.5 Å². The lowest BCUT2D eigenvalue weighted by Crippen LogP contribution is -2.29. The van der Waals surface area contributed by atoms with E-state index in [1.54, 1.807) is 41.6 Å². The molecule has 7 nitrogen and oxygen atoms in total. The van der Waals surface area contributed by atoms with E-state index in [9.17, 15) is 14.7 Å². The molecule has 0 aliphatic rings. The van der Waals surface area contributed by atoms with Crippen LogP contribution in [0.2, 0.25) is 0 Å². The first kappa shape index (κ1) is 18.3. The number of fused-ring (bicyclic) bond motifs is 1. The van der Waals surface area contributed by atoms with Crippen molar-refractivity contribution in [2.45, 2.75) is 4.90 Å². The second kappa shape index (κ2) is 8.18. The van der Waals surface area contributed by atoms with Gasteiger partial charge in [0.1, 0.15) is 5.56 Å². The summed E-state index contributed by atoms with van der Waals surface area (Å²) in [4.78, 5) is 24.7. The van der Waals surface area contributed by atoms with Crippen LogP contribution in [-0.4, -0.2) is 55.4 Å². The second-order valence-electron chi connectivity index (χ2n) is 5.30. The van der Waals surface area contributed by atoms with E-state index in [2.05, 4.69) is 0 Å². The molecule has 2 aromatic rings. The number of carboxylic acids is 1. The van der Waals surface area contributed by atoms with Crippen LogP contribution < -0.4 is 16.2 Å². The molecule has 130 valence electrons. The van der Waals surface area contributed by atoms with Crippen LogP contribution in [0.3, 0.4) is 0 Å². The summed E-state index contributed by atoms with van der Waals surface area (Å²) in [5, 5.41) is 11.4. The van der Waals surface area contributed by atoms with Crippen molar-refractivity contribution < 1.29 is 14.6 Å². The molecule has 0 fully saturated rings. The van der Waals surface area contributed by atoms with Gasteiger partial charge in [0, 0.05) is 42.9 Å². The van der Waals surface area contributed by atoms with Gasteiger partial charge in [0.2, 0.25) is 5.43 Å². The van der Waals surface area contributed by atoms with Gasteiger partial charge in [-0.15, -0.1) is 11.8 Å². The van der Waals surface area contributed by atoms with E-state index >= 15 is 0 Å². The fraction of sp³-hybridized carbons (Fsp3) is 0.375. The predicted octanol–water partition coefficient (Wildman–Crippen LogP) is 0.965. The first-order valence-corrected chi connectivity index (χ1v) is 8.45. The minimum absolute atomic E-state index is 0.246. The number of nitrogens with zero attached hydrogens (tertiary/aromatic N) is 2. The van der Waals surface area contributed by atoms with Crippen molar-refractivity contribution in [1.29, 1.82) is 0 Å². The Morgan fingerprint density at radius 3 is 2.75 bits per heavy atom. The van der Waals surface area contributed by atoms with Crippen molar-refractivity contribution >= 4 is 28.6 Å². The maximum Gasteiger partial charge on any atom is 0.341 e. The molecule has 1 aromatic heterocycles. The van der Waals surface area contributed by atoms with Gasteiger partial charge in [-0.3, -0.25) is 9.47 Å². The minimum atomic E-state index is -1.23. The fourth-order valence-corrected chi connectivity index (χ4v) is 3.07. The first-order chi connectivity index (χ1) is 11.5. The number of aromatic carboxylic acids is 1. The van der Waals surface area contributed by atoms with Crippen LogP contribution in [0, 0.1) is 0 Å². The summed E-state index contributed by atoms with van der Waals surface area (Å²) in [5.74, 6) is -0.503. The third-order valence-electron chi connectivity index (χ3n) is 3.38. The van der Waals surface area contributed by atoms with Crippen molar-refractivity contribution in [2.24, 2.45) is 5.73 Å². The molecule has 1 heterocycles. The summed E-state index contributed by atoms with van der Waals surface area (Å²) < 4.78 is 6.97. The Labute approximate surface area is 144 Å². The van der Waals surface area contributed by atoms with E-state index in [0.717, 1.165) is 10.6 Å². The average Bonchev–Trinajstić information content (AvgIpc) is 2.54. The summed E-state index contributed by atoms with van der Waals surface area (Å²) >= 11 is 1.55. The van der Waals surface area contributed by atoms with E-state index < -0.39 is 11.4 Å². The Kier molecular flexibility index (Phi) is 6.24. The predicted molar refractivity (Wildman–Crippen MR) is 95.8 cm³/mol. The summed E-state index contributed by atoms with van der Waals surface area (Å²) in [6.07, 6.45) is 1.35.